The number of nitrogens with two attached hydrogens (primary N) is 1. The average Bonchev–Trinajstić information content (AvgIpc) is 2.78. The Morgan fingerprint density at radius 2 is 1.94 bits per heavy atom. The van der Waals surface area contributed by atoms with Gasteiger partial charge >= 0.3 is 0 Å². The Morgan fingerprint density at radius 1 is 1.24 bits per heavy atom. The second kappa shape index (κ2) is 5.45. The summed E-state index contributed by atoms with van der Waals surface area (Å²) >= 11 is 1.80. The normalized spacial score (nSPS) is 12.6. The molecule has 0 aliphatic heterocycles. The van der Waals surface area contributed by atoms with Crippen molar-refractivity contribution in [2.75, 3.05) is 7.05 Å². The lowest BCUT2D eigenvalue weighted by Gasteiger charge is -2.16. The molecular weight excluding hydrogens is 228 g/mol. The van der Waals surface area contributed by atoms with Gasteiger partial charge in [0, 0.05) is 11.4 Å². The van der Waals surface area contributed by atoms with E-state index in [1.807, 2.05) is 7.05 Å². The minimum absolute atomic E-state index is 0.279. The molecule has 0 saturated heterocycles. The molecule has 1 unspecified atom stereocenters. The monoisotopic (exact) mass is 246 g/mol. The first kappa shape index (κ1) is 12.3. The van der Waals surface area contributed by atoms with Crippen LogP contribution in [0.4, 0.5) is 0 Å². The van der Waals surface area contributed by atoms with E-state index < -0.39 is 0 Å². The summed E-state index contributed by atoms with van der Waals surface area (Å²) in [7, 11) is 2.00. The van der Waals surface area contributed by atoms with Gasteiger partial charge in [-0.1, -0.05) is 24.3 Å². The molecule has 0 bridgehead atoms. The first-order chi connectivity index (χ1) is 8.26. The zero-order chi connectivity index (χ0) is 12.3. The Labute approximate surface area is 106 Å². The van der Waals surface area contributed by atoms with Gasteiger partial charge in [0.2, 0.25) is 0 Å². The Balaban J connectivity index is 2.32. The maximum Gasteiger partial charge on any atom is 0.0671 e. The molecule has 0 amide bonds. The molecular formula is C14H18N2S. The molecule has 0 aliphatic rings. The number of rotatable bonds is 4. The van der Waals surface area contributed by atoms with Gasteiger partial charge in [0.25, 0.3) is 0 Å². The first-order valence-corrected chi connectivity index (χ1v) is 6.64. The molecule has 2 rings (SSSR count). The minimum atomic E-state index is 0.279. The lowest BCUT2D eigenvalue weighted by molar-refractivity contribution is 0.700. The summed E-state index contributed by atoms with van der Waals surface area (Å²) < 4.78 is 0. The fourth-order valence-electron chi connectivity index (χ4n) is 1.98. The summed E-state index contributed by atoms with van der Waals surface area (Å²) in [5.74, 6) is 0. The van der Waals surface area contributed by atoms with E-state index in [4.69, 9.17) is 5.73 Å². The van der Waals surface area contributed by atoms with Crippen LogP contribution in [0, 0.1) is 6.92 Å². The summed E-state index contributed by atoms with van der Waals surface area (Å²) in [4.78, 5) is 1.38. The number of hydrogen-bond donors (Lipinski definition) is 2. The Hall–Kier alpha value is -1.16. The fraction of sp³-hybridized carbons (Fsp3) is 0.286. The van der Waals surface area contributed by atoms with Crippen LogP contribution >= 0.6 is 11.3 Å². The third kappa shape index (κ3) is 2.57. The van der Waals surface area contributed by atoms with Gasteiger partial charge < -0.3 is 11.1 Å². The number of hydrogen-bond acceptors (Lipinski definition) is 3. The predicted octanol–water partition coefficient (Wildman–Crippen LogP) is 2.82. The van der Waals surface area contributed by atoms with E-state index in [0.717, 1.165) is 0 Å². The van der Waals surface area contributed by atoms with E-state index in [1.165, 1.54) is 21.6 Å². The quantitative estimate of drug-likeness (QED) is 0.870. The van der Waals surface area contributed by atoms with Crippen molar-refractivity contribution in [1.82, 2.24) is 5.32 Å². The maximum atomic E-state index is 5.61. The smallest absolute Gasteiger partial charge is 0.0671 e. The predicted molar refractivity (Wildman–Crippen MR) is 74.3 cm³/mol. The van der Waals surface area contributed by atoms with Crippen molar-refractivity contribution in [3.05, 3.63) is 57.3 Å². The molecule has 0 fully saturated rings. The van der Waals surface area contributed by atoms with E-state index in [1.54, 1.807) is 11.3 Å². The van der Waals surface area contributed by atoms with Crippen LogP contribution in [0.2, 0.25) is 0 Å². The summed E-state index contributed by atoms with van der Waals surface area (Å²) in [5.41, 5.74) is 9.42. The van der Waals surface area contributed by atoms with Gasteiger partial charge in [0.05, 0.1) is 6.04 Å². The summed E-state index contributed by atoms with van der Waals surface area (Å²) in [6.45, 7) is 2.76. The van der Waals surface area contributed by atoms with Crippen LogP contribution in [0.1, 0.15) is 27.6 Å². The van der Waals surface area contributed by atoms with Crippen molar-refractivity contribution in [3.63, 3.8) is 0 Å². The fourth-order valence-corrected chi connectivity index (χ4v) is 3.04. The molecule has 90 valence electrons. The van der Waals surface area contributed by atoms with Crippen LogP contribution in [0.15, 0.2) is 35.7 Å². The zero-order valence-electron chi connectivity index (χ0n) is 10.2. The Bertz CT molecular complexity index is 473. The van der Waals surface area contributed by atoms with Crippen LogP contribution in [0.25, 0.3) is 0 Å². The van der Waals surface area contributed by atoms with Gasteiger partial charge in [0.15, 0.2) is 0 Å². The Kier molecular flexibility index (Phi) is 3.94. The SMILES string of the molecule is CNC(c1ccc(CN)cc1)c1sccc1C. The first-order valence-electron chi connectivity index (χ1n) is 5.76. The average molecular weight is 246 g/mol. The van der Waals surface area contributed by atoms with E-state index in [-0.39, 0.29) is 6.04 Å². The molecule has 1 aromatic heterocycles. The number of benzene rings is 1. The van der Waals surface area contributed by atoms with Crippen molar-refractivity contribution in [3.8, 4) is 0 Å². The van der Waals surface area contributed by atoms with Crippen LogP contribution in [-0.4, -0.2) is 7.05 Å². The van der Waals surface area contributed by atoms with E-state index >= 15 is 0 Å². The highest BCUT2D eigenvalue weighted by molar-refractivity contribution is 7.10. The van der Waals surface area contributed by atoms with Crippen LogP contribution < -0.4 is 11.1 Å². The molecule has 0 spiro atoms. The highest BCUT2D eigenvalue weighted by Gasteiger charge is 2.14. The largest absolute Gasteiger partial charge is 0.326 e. The van der Waals surface area contributed by atoms with Gasteiger partial charge in [-0.15, -0.1) is 11.3 Å². The van der Waals surface area contributed by atoms with Crippen LogP contribution in [0.5, 0.6) is 0 Å². The molecule has 2 aromatic rings. The van der Waals surface area contributed by atoms with E-state index in [0.29, 0.717) is 6.54 Å². The lowest BCUT2D eigenvalue weighted by atomic mass is 10.0. The summed E-state index contributed by atoms with van der Waals surface area (Å²) in [6.07, 6.45) is 0. The lowest BCUT2D eigenvalue weighted by Crippen LogP contribution is -2.17. The van der Waals surface area contributed by atoms with Crippen molar-refractivity contribution in [2.45, 2.75) is 19.5 Å². The molecule has 0 aliphatic carbocycles. The van der Waals surface area contributed by atoms with Crippen LogP contribution in [0.3, 0.4) is 0 Å². The third-order valence-electron chi connectivity index (χ3n) is 3.00. The summed E-state index contributed by atoms with van der Waals surface area (Å²) in [6, 6.07) is 11.0. The second-order valence-electron chi connectivity index (χ2n) is 4.14. The number of nitrogens with one attached hydrogen (secondary N) is 1. The van der Waals surface area contributed by atoms with Crippen molar-refractivity contribution in [2.24, 2.45) is 5.73 Å². The topological polar surface area (TPSA) is 38.0 Å². The van der Waals surface area contributed by atoms with Gasteiger partial charge in [-0.2, -0.15) is 0 Å². The third-order valence-corrected chi connectivity index (χ3v) is 4.09. The molecule has 17 heavy (non-hydrogen) atoms. The second-order valence-corrected chi connectivity index (χ2v) is 5.08. The molecule has 1 atom stereocenters. The molecule has 3 heteroatoms. The standard InChI is InChI=1S/C14H18N2S/c1-10-7-8-17-14(10)13(16-2)12-5-3-11(9-15)4-6-12/h3-8,13,16H,9,15H2,1-2H3. The molecule has 2 nitrogen and oxygen atoms in total. The molecule has 0 radical (unpaired) electrons. The zero-order valence-corrected chi connectivity index (χ0v) is 11.1. The highest BCUT2D eigenvalue weighted by atomic mass is 32.1. The van der Waals surface area contributed by atoms with E-state index in [2.05, 4.69) is 48.0 Å². The molecule has 1 heterocycles. The van der Waals surface area contributed by atoms with Crippen molar-refractivity contribution < 1.29 is 0 Å². The van der Waals surface area contributed by atoms with Gasteiger partial charge in [0.1, 0.15) is 0 Å². The van der Waals surface area contributed by atoms with Crippen molar-refractivity contribution in [1.29, 1.82) is 0 Å². The maximum absolute atomic E-state index is 5.61. The Morgan fingerprint density at radius 3 is 2.41 bits per heavy atom. The molecule has 0 saturated carbocycles. The van der Waals surface area contributed by atoms with Gasteiger partial charge in [-0.05, 0) is 42.1 Å². The number of thiophene rings is 1. The van der Waals surface area contributed by atoms with Gasteiger partial charge in [-0.3, -0.25) is 0 Å². The van der Waals surface area contributed by atoms with Crippen molar-refractivity contribution >= 4 is 11.3 Å². The highest BCUT2D eigenvalue weighted by Crippen LogP contribution is 2.29. The van der Waals surface area contributed by atoms with Gasteiger partial charge in [-0.25, -0.2) is 0 Å². The summed E-state index contributed by atoms with van der Waals surface area (Å²) in [5, 5.41) is 5.52. The molecule has 1 aromatic carbocycles. The van der Waals surface area contributed by atoms with E-state index in [9.17, 15) is 0 Å². The minimum Gasteiger partial charge on any atom is -0.326 e. The molecule has 3 N–H and O–H groups in total. The number of aryl methyl sites for hydroxylation is 1. The van der Waals surface area contributed by atoms with Crippen LogP contribution in [-0.2, 0) is 6.54 Å².